The van der Waals surface area contributed by atoms with E-state index >= 15 is 0 Å². The van der Waals surface area contributed by atoms with Crippen LogP contribution in [0.1, 0.15) is 30.4 Å². The van der Waals surface area contributed by atoms with Crippen LogP contribution >= 0.6 is 0 Å². The van der Waals surface area contributed by atoms with E-state index in [-0.39, 0.29) is 12.3 Å². The molecule has 0 atom stereocenters. The molecule has 0 radical (unpaired) electrons. The smallest absolute Gasteiger partial charge is 0.314 e. The number of aliphatic carboxylic acids is 1. The van der Waals surface area contributed by atoms with Crippen molar-refractivity contribution < 1.29 is 19.4 Å². The second kappa shape index (κ2) is 3.98. The van der Waals surface area contributed by atoms with Gasteiger partial charge in [-0.2, -0.15) is 0 Å². The number of carboxylic acid groups (broad SMARTS) is 1. The van der Waals surface area contributed by atoms with Gasteiger partial charge in [0.2, 0.25) is 5.91 Å². The van der Waals surface area contributed by atoms with Crippen molar-refractivity contribution in [1.29, 1.82) is 0 Å². The van der Waals surface area contributed by atoms with Crippen molar-refractivity contribution in [2.24, 2.45) is 0 Å². The van der Waals surface area contributed by atoms with Crippen LogP contribution in [0.4, 0.5) is 5.69 Å². The number of benzene rings is 1. The number of amides is 1. The highest BCUT2D eigenvalue weighted by Gasteiger charge is 2.46. The lowest BCUT2D eigenvalue weighted by Gasteiger charge is -2.38. The molecule has 5 heteroatoms. The minimum Gasteiger partial charge on any atom is -0.495 e. The van der Waals surface area contributed by atoms with Gasteiger partial charge in [-0.05, 0) is 30.0 Å². The van der Waals surface area contributed by atoms with Crippen LogP contribution in [0, 0.1) is 0 Å². The van der Waals surface area contributed by atoms with Crippen LogP contribution in [-0.4, -0.2) is 24.1 Å². The Balaban J connectivity index is 2.12. The van der Waals surface area contributed by atoms with Crippen LogP contribution in [0.25, 0.3) is 0 Å². The van der Waals surface area contributed by atoms with E-state index in [1.807, 2.05) is 6.07 Å². The Bertz CT molecular complexity index is 575. The third kappa shape index (κ3) is 1.61. The van der Waals surface area contributed by atoms with Crippen molar-refractivity contribution >= 4 is 17.6 Å². The number of ether oxygens (including phenoxy) is 1. The van der Waals surface area contributed by atoms with Crippen molar-refractivity contribution in [3.05, 3.63) is 23.3 Å². The highest BCUT2D eigenvalue weighted by Crippen LogP contribution is 2.47. The maximum atomic E-state index is 11.5. The molecule has 0 spiro atoms. The van der Waals surface area contributed by atoms with Gasteiger partial charge in [0.15, 0.2) is 0 Å². The molecular formula is C14H15NO4. The number of methoxy groups -OCH3 is 1. The average molecular weight is 261 g/mol. The lowest BCUT2D eigenvalue weighted by Crippen LogP contribution is -2.42. The molecule has 0 bridgehead atoms. The van der Waals surface area contributed by atoms with Gasteiger partial charge < -0.3 is 15.2 Å². The van der Waals surface area contributed by atoms with Gasteiger partial charge >= 0.3 is 5.97 Å². The Kier molecular flexibility index (Phi) is 2.52. The second-order valence-electron chi connectivity index (χ2n) is 5.18. The summed E-state index contributed by atoms with van der Waals surface area (Å²) >= 11 is 0. The summed E-state index contributed by atoms with van der Waals surface area (Å²) in [7, 11) is 1.53. The highest BCUT2D eigenvalue weighted by molar-refractivity contribution is 6.01. The SMILES string of the molecule is COc1cc(C2(C(=O)O)CCC2)cc2c1NC(=O)C2. The highest BCUT2D eigenvalue weighted by atomic mass is 16.5. The fraction of sp³-hybridized carbons (Fsp3) is 0.429. The van der Waals surface area contributed by atoms with E-state index in [1.165, 1.54) is 7.11 Å². The first-order chi connectivity index (χ1) is 9.06. The van der Waals surface area contributed by atoms with E-state index in [9.17, 15) is 14.7 Å². The molecule has 1 heterocycles. The van der Waals surface area contributed by atoms with Crippen LogP contribution in [0.3, 0.4) is 0 Å². The van der Waals surface area contributed by atoms with Crippen molar-refractivity contribution in [3.63, 3.8) is 0 Å². The van der Waals surface area contributed by atoms with Gasteiger partial charge in [-0.25, -0.2) is 0 Å². The summed E-state index contributed by atoms with van der Waals surface area (Å²) in [6.45, 7) is 0. The molecule has 19 heavy (non-hydrogen) atoms. The number of hydrogen-bond acceptors (Lipinski definition) is 3. The zero-order chi connectivity index (χ0) is 13.6. The first-order valence-corrected chi connectivity index (χ1v) is 6.31. The molecule has 0 unspecified atom stereocenters. The molecule has 1 aromatic rings. The predicted octanol–water partition coefficient (Wildman–Crippen LogP) is 1.70. The van der Waals surface area contributed by atoms with Gasteiger partial charge in [-0.1, -0.05) is 12.5 Å². The lowest BCUT2D eigenvalue weighted by atomic mass is 9.64. The average Bonchev–Trinajstić information content (AvgIpc) is 2.66. The molecule has 1 aliphatic carbocycles. The van der Waals surface area contributed by atoms with Crippen molar-refractivity contribution in [1.82, 2.24) is 0 Å². The topological polar surface area (TPSA) is 75.6 Å². The molecule has 3 rings (SSSR count). The van der Waals surface area contributed by atoms with E-state index < -0.39 is 11.4 Å². The normalized spacial score (nSPS) is 19.3. The Labute approximate surface area is 110 Å². The molecule has 100 valence electrons. The largest absolute Gasteiger partial charge is 0.495 e. The summed E-state index contributed by atoms with van der Waals surface area (Å²) in [5.74, 6) is -0.327. The molecule has 1 aliphatic heterocycles. The second-order valence-corrected chi connectivity index (χ2v) is 5.18. The minimum absolute atomic E-state index is 0.0802. The zero-order valence-corrected chi connectivity index (χ0v) is 10.7. The number of carbonyl (C=O) groups excluding carboxylic acids is 1. The summed E-state index contributed by atoms with van der Waals surface area (Å²) in [4.78, 5) is 23.0. The Morgan fingerprint density at radius 3 is 2.68 bits per heavy atom. The van der Waals surface area contributed by atoms with E-state index in [0.29, 0.717) is 24.3 Å². The van der Waals surface area contributed by atoms with Gasteiger partial charge in [0.25, 0.3) is 0 Å². The fourth-order valence-electron chi connectivity index (χ4n) is 2.90. The van der Waals surface area contributed by atoms with Crippen molar-refractivity contribution in [3.8, 4) is 5.75 Å². The van der Waals surface area contributed by atoms with Crippen LogP contribution < -0.4 is 10.1 Å². The maximum absolute atomic E-state index is 11.5. The number of hydrogen-bond donors (Lipinski definition) is 2. The monoisotopic (exact) mass is 261 g/mol. The number of rotatable bonds is 3. The van der Waals surface area contributed by atoms with Crippen LogP contribution in [0.5, 0.6) is 5.75 Å². The molecule has 2 N–H and O–H groups in total. The number of carbonyl (C=O) groups is 2. The summed E-state index contributed by atoms with van der Waals surface area (Å²) in [5.41, 5.74) is 1.45. The van der Waals surface area contributed by atoms with Crippen molar-refractivity contribution in [2.45, 2.75) is 31.1 Å². The maximum Gasteiger partial charge on any atom is 0.314 e. The molecule has 1 amide bonds. The van der Waals surface area contributed by atoms with Crippen molar-refractivity contribution in [2.75, 3.05) is 12.4 Å². The Hall–Kier alpha value is -2.04. The van der Waals surface area contributed by atoms with E-state index in [0.717, 1.165) is 17.5 Å². The number of anilines is 1. The molecule has 1 aromatic carbocycles. The van der Waals surface area contributed by atoms with Crippen LogP contribution in [0.2, 0.25) is 0 Å². The number of fused-ring (bicyclic) bond motifs is 1. The van der Waals surface area contributed by atoms with Gasteiger partial charge in [-0.15, -0.1) is 0 Å². The lowest BCUT2D eigenvalue weighted by molar-refractivity contribution is -0.147. The summed E-state index contributed by atoms with van der Waals surface area (Å²) in [5, 5.41) is 12.2. The van der Waals surface area contributed by atoms with E-state index in [4.69, 9.17) is 4.74 Å². The van der Waals surface area contributed by atoms with Gasteiger partial charge in [-0.3, -0.25) is 9.59 Å². The molecule has 0 aromatic heterocycles. The molecular weight excluding hydrogens is 246 g/mol. The summed E-state index contributed by atoms with van der Waals surface area (Å²) < 4.78 is 5.28. The van der Waals surface area contributed by atoms with Crippen LogP contribution in [-0.2, 0) is 21.4 Å². The summed E-state index contributed by atoms with van der Waals surface area (Å²) in [6.07, 6.45) is 2.50. The predicted molar refractivity (Wildman–Crippen MR) is 68.5 cm³/mol. The molecule has 0 saturated heterocycles. The first-order valence-electron chi connectivity index (χ1n) is 6.31. The Morgan fingerprint density at radius 2 is 2.16 bits per heavy atom. The standard InChI is InChI=1S/C14H15NO4/c1-19-10-7-9(14(13(17)18)3-2-4-14)5-8-6-11(16)15-12(8)10/h5,7H,2-4,6H2,1H3,(H,15,16)(H,17,18). The number of nitrogens with one attached hydrogen (secondary N) is 1. The summed E-state index contributed by atoms with van der Waals surface area (Å²) in [6, 6.07) is 3.58. The van der Waals surface area contributed by atoms with E-state index in [2.05, 4.69) is 5.32 Å². The fourth-order valence-corrected chi connectivity index (χ4v) is 2.90. The third-order valence-electron chi connectivity index (χ3n) is 4.19. The quantitative estimate of drug-likeness (QED) is 0.868. The molecule has 1 fully saturated rings. The Morgan fingerprint density at radius 1 is 1.42 bits per heavy atom. The molecule has 5 nitrogen and oxygen atoms in total. The van der Waals surface area contributed by atoms with Gasteiger partial charge in [0.1, 0.15) is 5.75 Å². The first kappa shape index (κ1) is 12.0. The van der Waals surface area contributed by atoms with Gasteiger partial charge in [0.05, 0.1) is 24.6 Å². The third-order valence-corrected chi connectivity index (χ3v) is 4.19. The van der Waals surface area contributed by atoms with Crippen LogP contribution in [0.15, 0.2) is 12.1 Å². The molecule has 2 aliphatic rings. The molecule has 1 saturated carbocycles. The zero-order valence-electron chi connectivity index (χ0n) is 10.7. The number of carboxylic acids is 1. The minimum atomic E-state index is -0.798. The van der Waals surface area contributed by atoms with Gasteiger partial charge in [0, 0.05) is 0 Å². The van der Waals surface area contributed by atoms with E-state index in [1.54, 1.807) is 6.07 Å².